The van der Waals surface area contributed by atoms with E-state index in [9.17, 15) is 13.2 Å². The number of nitrogens with zero attached hydrogens (tertiary/aromatic N) is 1. The fourth-order valence-electron chi connectivity index (χ4n) is 3.73. The largest absolute Gasteiger partial charge is 0.494 e. The van der Waals surface area contributed by atoms with Crippen molar-refractivity contribution in [2.45, 2.75) is 50.5 Å². The summed E-state index contributed by atoms with van der Waals surface area (Å²) in [7, 11) is -3.87. The van der Waals surface area contributed by atoms with E-state index in [1.807, 2.05) is 44.2 Å². The first-order chi connectivity index (χ1) is 14.4. The molecule has 30 heavy (non-hydrogen) atoms. The number of carbonyl (C=O) groups is 1. The minimum atomic E-state index is -3.87. The Balaban J connectivity index is 1.85. The Hall–Kier alpha value is -2.38. The van der Waals surface area contributed by atoms with Crippen molar-refractivity contribution in [3.63, 3.8) is 0 Å². The molecule has 1 atom stereocenters. The Morgan fingerprint density at radius 3 is 2.43 bits per heavy atom. The number of hydrogen-bond donors (Lipinski definition) is 1. The molecular formula is C23H30N2O4S. The van der Waals surface area contributed by atoms with E-state index in [0.717, 1.165) is 30.4 Å². The van der Waals surface area contributed by atoms with Crippen molar-refractivity contribution in [3.8, 4) is 5.75 Å². The van der Waals surface area contributed by atoms with Crippen LogP contribution in [0.4, 0.5) is 0 Å². The monoisotopic (exact) mass is 430 g/mol. The summed E-state index contributed by atoms with van der Waals surface area (Å²) in [6.45, 7) is 5.55. The van der Waals surface area contributed by atoms with Crippen LogP contribution >= 0.6 is 0 Å². The van der Waals surface area contributed by atoms with Gasteiger partial charge >= 0.3 is 0 Å². The van der Waals surface area contributed by atoms with Gasteiger partial charge in [0.05, 0.1) is 11.5 Å². The second-order valence-corrected chi connectivity index (χ2v) is 9.32. The summed E-state index contributed by atoms with van der Waals surface area (Å²) in [4.78, 5) is 15.1. The van der Waals surface area contributed by atoms with Crippen molar-refractivity contribution in [1.29, 1.82) is 0 Å². The Morgan fingerprint density at radius 1 is 1.10 bits per heavy atom. The third kappa shape index (κ3) is 5.61. The first-order valence-corrected chi connectivity index (χ1v) is 12.0. The lowest BCUT2D eigenvalue weighted by Gasteiger charge is -2.30. The van der Waals surface area contributed by atoms with E-state index in [4.69, 9.17) is 4.74 Å². The zero-order valence-electron chi connectivity index (χ0n) is 17.6. The number of sulfonamides is 1. The number of hydrogen-bond acceptors (Lipinski definition) is 4. The molecule has 6 nitrogen and oxygen atoms in total. The van der Waals surface area contributed by atoms with Crippen LogP contribution in [0.2, 0.25) is 0 Å². The van der Waals surface area contributed by atoms with E-state index in [0.29, 0.717) is 31.9 Å². The molecule has 1 saturated heterocycles. The Bertz CT molecular complexity index is 954. The molecule has 1 aliphatic heterocycles. The molecule has 2 aromatic carbocycles. The average molecular weight is 431 g/mol. The fraction of sp³-hybridized carbons (Fsp3) is 0.435. The number of carbonyl (C=O) groups excluding carboxylic acids is 1. The summed E-state index contributed by atoms with van der Waals surface area (Å²) in [5, 5.41) is 0. The molecule has 0 aliphatic carbocycles. The number of aryl methyl sites for hydroxylation is 1. The molecule has 1 amide bonds. The van der Waals surface area contributed by atoms with Crippen molar-refractivity contribution >= 4 is 15.9 Å². The van der Waals surface area contributed by atoms with E-state index in [2.05, 4.69) is 4.72 Å². The molecule has 1 N–H and O–H groups in total. The maximum atomic E-state index is 13.2. The third-order valence-electron chi connectivity index (χ3n) is 5.30. The first-order valence-electron chi connectivity index (χ1n) is 10.5. The lowest BCUT2D eigenvalue weighted by Crippen LogP contribution is -2.50. The number of likely N-dealkylation sites (tertiary alicyclic amines) is 1. The van der Waals surface area contributed by atoms with Crippen molar-refractivity contribution in [2.24, 2.45) is 0 Å². The van der Waals surface area contributed by atoms with Gasteiger partial charge in [0.2, 0.25) is 15.9 Å². The molecule has 0 spiro atoms. The molecule has 0 unspecified atom stereocenters. The lowest BCUT2D eigenvalue weighted by molar-refractivity contribution is -0.133. The van der Waals surface area contributed by atoms with Crippen molar-refractivity contribution in [1.82, 2.24) is 9.62 Å². The van der Waals surface area contributed by atoms with Crippen LogP contribution in [-0.4, -0.2) is 45.0 Å². The van der Waals surface area contributed by atoms with Crippen LogP contribution < -0.4 is 9.46 Å². The van der Waals surface area contributed by atoms with Crippen LogP contribution in [0.5, 0.6) is 5.75 Å². The van der Waals surface area contributed by atoms with Gasteiger partial charge in [-0.2, -0.15) is 4.72 Å². The molecule has 2 aromatic rings. The van der Waals surface area contributed by atoms with Crippen LogP contribution in [0.15, 0.2) is 53.4 Å². The fourth-order valence-corrected chi connectivity index (χ4v) is 5.00. The summed E-state index contributed by atoms with van der Waals surface area (Å²) in [5.41, 5.74) is 1.65. The summed E-state index contributed by atoms with van der Waals surface area (Å²) in [6, 6.07) is 13.4. The molecule has 7 heteroatoms. The molecule has 0 saturated carbocycles. The maximum Gasteiger partial charge on any atom is 0.241 e. The van der Waals surface area contributed by atoms with E-state index in [1.54, 1.807) is 17.0 Å². The van der Waals surface area contributed by atoms with Crippen molar-refractivity contribution < 1.29 is 17.9 Å². The highest BCUT2D eigenvalue weighted by Gasteiger charge is 2.30. The number of amides is 1. The van der Waals surface area contributed by atoms with Gasteiger partial charge in [-0.05, 0) is 68.9 Å². The molecule has 1 aliphatic rings. The molecule has 1 heterocycles. The summed E-state index contributed by atoms with van der Waals surface area (Å²) in [6.07, 6.45) is 3.32. The van der Waals surface area contributed by atoms with Gasteiger partial charge in [-0.25, -0.2) is 8.42 Å². The van der Waals surface area contributed by atoms with E-state index >= 15 is 0 Å². The van der Waals surface area contributed by atoms with Crippen molar-refractivity contribution in [2.75, 3.05) is 19.7 Å². The maximum absolute atomic E-state index is 13.2. The second kappa shape index (κ2) is 10.1. The molecule has 3 rings (SSSR count). The summed E-state index contributed by atoms with van der Waals surface area (Å²) in [5.74, 6) is 0.492. The standard InChI is InChI=1S/C23H30N2O4S/c1-3-29-22-13-12-20(16-18(22)2)30(27,28)24-21(17-19-10-6-4-7-11-19)23(26)25-14-8-5-9-15-25/h4,6-7,10-13,16,21,24H,3,5,8-9,14-15,17H2,1-2H3/t21-/m0/s1. The zero-order chi connectivity index (χ0) is 21.6. The number of benzene rings is 2. The van der Waals surface area contributed by atoms with E-state index < -0.39 is 16.1 Å². The minimum Gasteiger partial charge on any atom is -0.494 e. The predicted molar refractivity (Wildman–Crippen MR) is 117 cm³/mol. The van der Waals surface area contributed by atoms with Gasteiger partial charge in [-0.3, -0.25) is 4.79 Å². The van der Waals surface area contributed by atoms with Crippen molar-refractivity contribution in [3.05, 3.63) is 59.7 Å². The molecule has 1 fully saturated rings. The van der Waals surface area contributed by atoms with Gasteiger partial charge in [0.15, 0.2) is 0 Å². The van der Waals surface area contributed by atoms with Crippen LogP contribution in [0.3, 0.4) is 0 Å². The van der Waals surface area contributed by atoms with Gasteiger partial charge in [0, 0.05) is 13.1 Å². The molecular weight excluding hydrogens is 400 g/mol. The Morgan fingerprint density at radius 2 is 1.80 bits per heavy atom. The third-order valence-corrected chi connectivity index (χ3v) is 6.77. The SMILES string of the molecule is CCOc1ccc(S(=O)(=O)N[C@@H](Cc2ccccc2)C(=O)N2CCCCC2)cc1C. The van der Waals surface area contributed by atoms with Gasteiger partial charge in [-0.1, -0.05) is 30.3 Å². The highest BCUT2D eigenvalue weighted by Crippen LogP contribution is 2.22. The summed E-state index contributed by atoms with van der Waals surface area (Å²) < 4.78 is 34.4. The van der Waals surface area contributed by atoms with E-state index in [-0.39, 0.29) is 10.8 Å². The van der Waals surface area contributed by atoms with Crippen LogP contribution in [0.25, 0.3) is 0 Å². The Labute approximate surface area is 179 Å². The topological polar surface area (TPSA) is 75.7 Å². The van der Waals surface area contributed by atoms with Gasteiger partial charge in [0.1, 0.15) is 11.8 Å². The number of nitrogens with one attached hydrogen (secondary N) is 1. The van der Waals surface area contributed by atoms with Gasteiger partial charge in [-0.15, -0.1) is 0 Å². The first kappa shape index (κ1) is 22.3. The predicted octanol–water partition coefficient (Wildman–Crippen LogP) is 3.30. The van der Waals surface area contributed by atoms with E-state index in [1.165, 1.54) is 6.07 Å². The molecule has 0 radical (unpaired) electrons. The average Bonchev–Trinajstić information content (AvgIpc) is 2.75. The number of rotatable bonds is 8. The number of ether oxygens (including phenoxy) is 1. The molecule has 0 aromatic heterocycles. The van der Waals surface area contributed by atoms with Crippen LogP contribution in [0.1, 0.15) is 37.3 Å². The quantitative estimate of drug-likeness (QED) is 0.697. The second-order valence-electron chi connectivity index (χ2n) is 7.61. The highest BCUT2D eigenvalue weighted by atomic mass is 32.2. The van der Waals surface area contributed by atoms with Gasteiger partial charge < -0.3 is 9.64 Å². The minimum absolute atomic E-state index is 0.132. The Kier molecular flexibility index (Phi) is 7.50. The summed E-state index contributed by atoms with van der Waals surface area (Å²) >= 11 is 0. The molecule has 0 bridgehead atoms. The van der Waals surface area contributed by atoms with Crippen LogP contribution in [-0.2, 0) is 21.2 Å². The normalized spacial score (nSPS) is 15.6. The van der Waals surface area contributed by atoms with Gasteiger partial charge in [0.25, 0.3) is 0 Å². The smallest absolute Gasteiger partial charge is 0.241 e. The zero-order valence-corrected chi connectivity index (χ0v) is 18.5. The lowest BCUT2D eigenvalue weighted by atomic mass is 10.0. The number of piperidine rings is 1. The molecule has 162 valence electrons. The highest BCUT2D eigenvalue weighted by molar-refractivity contribution is 7.89. The van der Waals surface area contributed by atoms with Crippen LogP contribution in [0, 0.1) is 6.92 Å².